The molecule has 2 N–H and O–H groups in total. The zero-order valence-electron chi connectivity index (χ0n) is 13.0. The minimum absolute atomic E-state index is 0.00104. The van der Waals surface area contributed by atoms with Crippen molar-refractivity contribution < 1.29 is 4.79 Å². The van der Waals surface area contributed by atoms with E-state index in [9.17, 15) is 4.79 Å². The van der Waals surface area contributed by atoms with Crippen LogP contribution in [0.2, 0.25) is 0 Å². The molecule has 112 valence electrons. The Hall–Kier alpha value is -0.610. The maximum atomic E-state index is 11.9. The SMILES string of the molecule is CCCNC(C)C1CCCN(C(C)C(=O)NCC)C1. The highest BCUT2D eigenvalue weighted by Crippen LogP contribution is 2.21. The van der Waals surface area contributed by atoms with E-state index in [1.165, 1.54) is 19.3 Å². The Labute approximate surface area is 118 Å². The van der Waals surface area contributed by atoms with Crippen molar-refractivity contribution in [3.05, 3.63) is 0 Å². The van der Waals surface area contributed by atoms with E-state index in [2.05, 4.69) is 29.4 Å². The van der Waals surface area contributed by atoms with E-state index in [1.54, 1.807) is 0 Å². The van der Waals surface area contributed by atoms with Gasteiger partial charge in [0.25, 0.3) is 0 Å². The molecule has 19 heavy (non-hydrogen) atoms. The number of hydrogen-bond acceptors (Lipinski definition) is 3. The number of rotatable bonds is 7. The summed E-state index contributed by atoms with van der Waals surface area (Å²) in [5.74, 6) is 0.828. The molecule has 1 aliphatic heterocycles. The van der Waals surface area contributed by atoms with Gasteiger partial charge in [-0.1, -0.05) is 6.92 Å². The Morgan fingerprint density at radius 3 is 2.74 bits per heavy atom. The maximum absolute atomic E-state index is 11.9. The first kappa shape index (κ1) is 16.4. The van der Waals surface area contributed by atoms with E-state index in [4.69, 9.17) is 0 Å². The van der Waals surface area contributed by atoms with Crippen molar-refractivity contribution in [3.8, 4) is 0 Å². The molecule has 1 fully saturated rings. The molecule has 0 aliphatic carbocycles. The summed E-state index contributed by atoms with van der Waals surface area (Å²) in [5, 5.41) is 6.51. The first-order valence-corrected chi connectivity index (χ1v) is 7.85. The van der Waals surface area contributed by atoms with Gasteiger partial charge in [-0.15, -0.1) is 0 Å². The predicted octanol–water partition coefficient (Wildman–Crippen LogP) is 1.61. The fraction of sp³-hybridized carbons (Fsp3) is 0.933. The molecule has 4 nitrogen and oxygen atoms in total. The number of piperidine rings is 1. The van der Waals surface area contributed by atoms with Crippen LogP contribution in [0.25, 0.3) is 0 Å². The molecule has 4 heteroatoms. The smallest absolute Gasteiger partial charge is 0.237 e. The third-order valence-corrected chi connectivity index (χ3v) is 4.19. The quantitative estimate of drug-likeness (QED) is 0.738. The number of amides is 1. The monoisotopic (exact) mass is 269 g/mol. The van der Waals surface area contributed by atoms with E-state index >= 15 is 0 Å². The summed E-state index contributed by atoms with van der Waals surface area (Å²) >= 11 is 0. The van der Waals surface area contributed by atoms with Crippen molar-refractivity contribution in [2.24, 2.45) is 5.92 Å². The molecule has 1 rings (SSSR count). The van der Waals surface area contributed by atoms with Gasteiger partial charge in [-0.05, 0) is 59.0 Å². The lowest BCUT2D eigenvalue weighted by molar-refractivity contribution is -0.126. The molecule has 0 radical (unpaired) electrons. The van der Waals surface area contributed by atoms with E-state index in [-0.39, 0.29) is 11.9 Å². The van der Waals surface area contributed by atoms with Crippen molar-refractivity contribution in [2.75, 3.05) is 26.2 Å². The van der Waals surface area contributed by atoms with E-state index in [1.807, 2.05) is 13.8 Å². The average molecular weight is 269 g/mol. The molecule has 0 aromatic heterocycles. The van der Waals surface area contributed by atoms with Crippen molar-refractivity contribution in [3.63, 3.8) is 0 Å². The highest BCUT2D eigenvalue weighted by atomic mass is 16.2. The van der Waals surface area contributed by atoms with Crippen LogP contribution in [0, 0.1) is 5.92 Å². The fourth-order valence-electron chi connectivity index (χ4n) is 2.83. The molecule has 1 amide bonds. The molecule has 0 aromatic carbocycles. The number of likely N-dealkylation sites (N-methyl/N-ethyl adjacent to an activating group) is 1. The molecule has 0 spiro atoms. The molecular weight excluding hydrogens is 238 g/mol. The van der Waals surface area contributed by atoms with E-state index < -0.39 is 0 Å². The molecule has 1 saturated heterocycles. The second-order valence-corrected chi connectivity index (χ2v) is 5.71. The van der Waals surface area contributed by atoms with Crippen LogP contribution < -0.4 is 10.6 Å². The van der Waals surface area contributed by atoms with Gasteiger partial charge in [0.05, 0.1) is 6.04 Å². The Kier molecular flexibility index (Phi) is 7.39. The summed E-state index contributed by atoms with van der Waals surface area (Å²) in [6.07, 6.45) is 3.65. The van der Waals surface area contributed by atoms with E-state index in [0.29, 0.717) is 12.0 Å². The molecule has 1 aliphatic rings. The van der Waals surface area contributed by atoms with Crippen molar-refractivity contribution in [1.82, 2.24) is 15.5 Å². The Balaban J connectivity index is 2.46. The molecule has 0 bridgehead atoms. The van der Waals surface area contributed by atoms with Gasteiger partial charge in [-0.2, -0.15) is 0 Å². The predicted molar refractivity (Wildman–Crippen MR) is 80.2 cm³/mol. The largest absolute Gasteiger partial charge is 0.355 e. The zero-order valence-corrected chi connectivity index (χ0v) is 13.0. The highest BCUT2D eigenvalue weighted by molar-refractivity contribution is 5.81. The van der Waals surface area contributed by atoms with Gasteiger partial charge in [0.2, 0.25) is 5.91 Å². The minimum atomic E-state index is 0.00104. The minimum Gasteiger partial charge on any atom is -0.355 e. The standard InChI is InChI=1S/C15H31N3O/c1-5-9-17-12(3)14-8-7-10-18(11-14)13(4)15(19)16-6-2/h12-14,17H,5-11H2,1-4H3,(H,16,19). The van der Waals surface area contributed by atoms with Crippen LogP contribution in [-0.4, -0.2) is 49.1 Å². The van der Waals surface area contributed by atoms with Crippen molar-refractivity contribution >= 4 is 5.91 Å². The molecule has 3 atom stereocenters. The van der Waals surface area contributed by atoms with Crippen molar-refractivity contribution in [2.45, 2.75) is 59.0 Å². The van der Waals surface area contributed by atoms with Gasteiger partial charge >= 0.3 is 0 Å². The number of likely N-dealkylation sites (tertiary alicyclic amines) is 1. The molecular formula is C15H31N3O. The number of hydrogen-bond donors (Lipinski definition) is 2. The normalized spacial score (nSPS) is 23.9. The van der Waals surface area contributed by atoms with E-state index in [0.717, 1.165) is 26.2 Å². The van der Waals surface area contributed by atoms with Crippen LogP contribution in [0.1, 0.15) is 47.0 Å². The first-order valence-electron chi connectivity index (χ1n) is 7.85. The topological polar surface area (TPSA) is 44.4 Å². The summed E-state index contributed by atoms with van der Waals surface area (Å²) < 4.78 is 0. The van der Waals surface area contributed by atoms with Crippen LogP contribution in [0.5, 0.6) is 0 Å². The lowest BCUT2D eigenvalue weighted by Crippen LogP contribution is -2.52. The Bertz CT molecular complexity index is 270. The number of carbonyl (C=O) groups is 1. The Morgan fingerprint density at radius 1 is 1.37 bits per heavy atom. The van der Waals surface area contributed by atoms with Crippen LogP contribution >= 0.6 is 0 Å². The lowest BCUT2D eigenvalue weighted by Gasteiger charge is -2.38. The van der Waals surface area contributed by atoms with Gasteiger partial charge in [0, 0.05) is 19.1 Å². The highest BCUT2D eigenvalue weighted by Gasteiger charge is 2.29. The van der Waals surface area contributed by atoms with Gasteiger partial charge in [-0.25, -0.2) is 0 Å². The van der Waals surface area contributed by atoms with Crippen LogP contribution in [0.4, 0.5) is 0 Å². The summed E-state index contributed by atoms with van der Waals surface area (Å²) in [7, 11) is 0. The molecule has 0 aromatic rings. The molecule has 1 heterocycles. The number of carbonyl (C=O) groups excluding carboxylic acids is 1. The summed E-state index contributed by atoms with van der Waals surface area (Å²) in [6, 6.07) is 0.547. The maximum Gasteiger partial charge on any atom is 0.237 e. The van der Waals surface area contributed by atoms with Crippen LogP contribution in [0.3, 0.4) is 0 Å². The van der Waals surface area contributed by atoms with Crippen molar-refractivity contribution in [1.29, 1.82) is 0 Å². The fourth-order valence-corrected chi connectivity index (χ4v) is 2.83. The molecule has 3 unspecified atom stereocenters. The third-order valence-electron chi connectivity index (χ3n) is 4.19. The number of nitrogens with one attached hydrogen (secondary N) is 2. The average Bonchev–Trinajstić information content (AvgIpc) is 2.44. The van der Waals surface area contributed by atoms with Gasteiger partial charge in [0.1, 0.15) is 0 Å². The van der Waals surface area contributed by atoms with Crippen LogP contribution in [-0.2, 0) is 4.79 Å². The summed E-state index contributed by atoms with van der Waals surface area (Å²) in [6.45, 7) is 12.4. The summed E-state index contributed by atoms with van der Waals surface area (Å²) in [4.78, 5) is 14.3. The zero-order chi connectivity index (χ0) is 14.3. The first-order chi connectivity index (χ1) is 9.10. The number of nitrogens with zero attached hydrogens (tertiary/aromatic N) is 1. The van der Waals surface area contributed by atoms with Gasteiger partial charge in [0.15, 0.2) is 0 Å². The third kappa shape index (κ3) is 5.11. The lowest BCUT2D eigenvalue weighted by atomic mass is 9.90. The summed E-state index contributed by atoms with van der Waals surface area (Å²) in [5.41, 5.74) is 0. The second kappa shape index (κ2) is 8.54. The Morgan fingerprint density at radius 2 is 2.11 bits per heavy atom. The van der Waals surface area contributed by atoms with Gasteiger partial charge in [-0.3, -0.25) is 9.69 Å². The van der Waals surface area contributed by atoms with Gasteiger partial charge < -0.3 is 10.6 Å². The second-order valence-electron chi connectivity index (χ2n) is 5.71. The molecule has 0 saturated carbocycles. The van der Waals surface area contributed by atoms with Crippen LogP contribution in [0.15, 0.2) is 0 Å².